The number of nitrogens with one attached hydrogen (secondary N) is 1. The molecule has 0 bridgehead atoms. The number of pyridine rings is 1. The van der Waals surface area contributed by atoms with E-state index in [0.29, 0.717) is 12.5 Å². The highest BCUT2D eigenvalue weighted by Gasteiger charge is 2.11. The molecule has 150 valence electrons. The molecule has 0 saturated heterocycles. The highest BCUT2D eigenvalue weighted by molar-refractivity contribution is 5.98. The summed E-state index contributed by atoms with van der Waals surface area (Å²) < 4.78 is 19.0. The van der Waals surface area contributed by atoms with Crippen LogP contribution in [0.1, 0.15) is 35.3 Å². The summed E-state index contributed by atoms with van der Waals surface area (Å²) in [6.07, 6.45) is 0.946. The fourth-order valence-corrected chi connectivity index (χ4v) is 2.93. The lowest BCUT2D eigenvalue weighted by atomic mass is 10.0. The topological polar surface area (TPSA) is 77.2 Å². The molecule has 0 aliphatic rings. The molecule has 0 aliphatic carbocycles. The number of benzene rings is 2. The number of amides is 1. The van der Waals surface area contributed by atoms with Crippen molar-refractivity contribution in [2.75, 3.05) is 5.73 Å². The second-order valence-electron chi connectivity index (χ2n) is 7.20. The minimum absolute atomic E-state index is 0.133. The average molecular weight is 393 g/mol. The molecule has 0 unspecified atom stereocenters. The van der Waals surface area contributed by atoms with E-state index in [2.05, 4.69) is 30.2 Å². The lowest BCUT2D eigenvalue weighted by Crippen LogP contribution is -2.24. The number of nitrogens with two attached hydrogens (primary N) is 1. The van der Waals surface area contributed by atoms with E-state index in [9.17, 15) is 9.18 Å². The molecule has 0 spiro atoms. The Balaban J connectivity index is 1.61. The zero-order valence-electron chi connectivity index (χ0n) is 16.5. The van der Waals surface area contributed by atoms with Crippen LogP contribution in [0.5, 0.6) is 11.5 Å². The molecule has 1 aromatic heterocycles. The van der Waals surface area contributed by atoms with E-state index in [-0.39, 0.29) is 11.4 Å². The van der Waals surface area contributed by atoms with Crippen LogP contribution >= 0.6 is 0 Å². The largest absolute Gasteiger partial charge is 0.457 e. The highest BCUT2D eigenvalue weighted by atomic mass is 19.1. The Kier molecular flexibility index (Phi) is 6.44. The number of aromatic nitrogens is 1. The number of rotatable bonds is 7. The normalized spacial score (nSPS) is 10.8. The van der Waals surface area contributed by atoms with Crippen molar-refractivity contribution in [1.82, 2.24) is 10.3 Å². The Bertz CT molecular complexity index is 988. The lowest BCUT2D eigenvalue weighted by molar-refractivity contribution is 0.0951. The number of hydrogen-bond donors (Lipinski definition) is 2. The smallest absolute Gasteiger partial charge is 0.255 e. The predicted molar refractivity (Wildman–Crippen MR) is 111 cm³/mol. The van der Waals surface area contributed by atoms with Gasteiger partial charge in [-0.1, -0.05) is 44.2 Å². The van der Waals surface area contributed by atoms with Crippen LogP contribution in [0.3, 0.4) is 0 Å². The summed E-state index contributed by atoms with van der Waals surface area (Å²) in [6.45, 7) is 4.66. The molecule has 0 aliphatic heterocycles. The number of nitrogens with zero attached hydrogens (tertiary/aromatic N) is 1. The maximum atomic E-state index is 13.0. The molecule has 2 aromatic carbocycles. The number of carbonyl (C=O) groups excluding carboxylic acids is 1. The number of ether oxygens (including phenoxy) is 1. The van der Waals surface area contributed by atoms with Crippen LogP contribution in [0.4, 0.5) is 10.2 Å². The first-order valence-corrected chi connectivity index (χ1v) is 9.47. The Morgan fingerprint density at radius 1 is 1.10 bits per heavy atom. The van der Waals surface area contributed by atoms with Crippen LogP contribution in [-0.2, 0) is 13.0 Å². The fourth-order valence-electron chi connectivity index (χ4n) is 2.93. The summed E-state index contributed by atoms with van der Waals surface area (Å²) in [5.41, 5.74) is 7.81. The molecular weight excluding hydrogens is 369 g/mol. The molecule has 0 radical (unpaired) electrons. The third-order valence-electron chi connectivity index (χ3n) is 4.34. The molecule has 3 rings (SSSR count). The van der Waals surface area contributed by atoms with E-state index in [0.717, 1.165) is 29.5 Å². The van der Waals surface area contributed by atoms with Gasteiger partial charge in [0.25, 0.3) is 5.91 Å². The van der Waals surface area contributed by atoms with Gasteiger partial charge in [-0.2, -0.15) is 4.39 Å². The van der Waals surface area contributed by atoms with Gasteiger partial charge in [0.1, 0.15) is 17.3 Å². The van der Waals surface area contributed by atoms with Crippen LogP contribution in [0.2, 0.25) is 0 Å². The Morgan fingerprint density at radius 3 is 2.52 bits per heavy atom. The quantitative estimate of drug-likeness (QED) is 0.569. The van der Waals surface area contributed by atoms with Gasteiger partial charge in [-0.25, -0.2) is 4.98 Å². The maximum Gasteiger partial charge on any atom is 0.255 e. The SMILES string of the molecule is CC(C)Cc1ccccc1Oc1ccc(CNC(=O)c2ccc(F)nc2N)cc1. The summed E-state index contributed by atoms with van der Waals surface area (Å²) in [6, 6.07) is 17.9. The Morgan fingerprint density at radius 2 is 1.83 bits per heavy atom. The summed E-state index contributed by atoms with van der Waals surface area (Å²) >= 11 is 0. The second-order valence-corrected chi connectivity index (χ2v) is 7.20. The first-order chi connectivity index (χ1) is 13.9. The number of halogens is 1. The third kappa shape index (κ3) is 5.54. The molecule has 0 fully saturated rings. The van der Waals surface area contributed by atoms with Crippen LogP contribution in [0, 0.1) is 11.9 Å². The molecule has 3 N–H and O–H groups in total. The molecule has 1 heterocycles. The summed E-state index contributed by atoms with van der Waals surface area (Å²) in [5, 5.41) is 2.75. The first kappa shape index (κ1) is 20.3. The summed E-state index contributed by atoms with van der Waals surface area (Å²) in [5.74, 6) is 0.856. The standard InChI is InChI=1S/C23H24FN3O2/c1-15(2)13-17-5-3-4-6-20(17)29-18-9-7-16(8-10-18)14-26-23(28)19-11-12-21(24)27-22(19)25/h3-12,15H,13-14H2,1-2H3,(H2,25,27)(H,26,28). The van der Waals surface area contributed by atoms with Gasteiger partial charge in [-0.05, 0) is 53.8 Å². The van der Waals surface area contributed by atoms with Crippen LogP contribution in [0.25, 0.3) is 0 Å². The number of anilines is 1. The minimum atomic E-state index is -0.718. The van der Waals surface area contributed by atoms with E-state index >= 15 is 0 Å². The molecule has 1 amide bonds. The first-order valence-electron chi connectivity index (χ1n) is 9.47. The number of nitrogen functional groups attached to an aromatic ring is 1. The van der Waals surface area contributed by atoms with Gasteiger partial charge in [0, 0.05) is 6.54 Å². The van der Waals surface area contributed by atoms with Crippen LogP contribution < -0.4 is 15.8 Å². The van der Waals surface area contributed by atoms with Gasteiger partial charge < -0.3 is 15.8 Å². The number of hydrogen-bond acceptors (Lipinski definition) is 4. The van der Waals surface area contributed by atoms with E-state index in [4.69, 9.17) is 10.5 Å². The second kappa shape index (κ2) is 9.19. The van der Waals surface area contributed by atoms with E-state index in [1.54, 1.807) is 0 Å². The average Bonchev–Trinajstić information content (AvgIpc) is 2.68. The van der Waals surface area contributed by atoms with Crippen molar-refractivity contribution in [3.8, 4) is 11.5 Å². The van der Waals surface area contributed by atoms with Crippen LogP contribution in [-0.4, -0.2) is 10.9 Å². The van der Waals surface area contributed by atoms with Crippen molar-refractivity contribution < 1.29 is 13.9 Å². The van der Waals surface area contributed by atoms with Gasteiger partial charge in [-0.3, -0.25) is 4.79 Å². The molecule has 29 heavy (non-hydrogen) atoms. The molecule has 6 heteroatoms. The Hall–Kier alpha value is -3.41. The third-order valence-corrected chi connectivity index (χ3v) is 4.34. The maximum absolute atomic E-state index is 13.0. The van der Waals surface area contributed by atoms with Gasteiger partial charge in [0.05, 0.1) is 5.56 Å². The van der Waals surface area contributed by atoms with Gasteiger partial charge in [-0.15, -0.1) is 0 Å². The monoisotopic (exact) mass is 393 g/mol. The van der Waals surface area contributed by atoms with E-state index < -0.39 is 11.9 Å². The fraction of sp³-hybridized carbons (Fsp3) is 0.217. The minimum Gasteiger partial charge on any atom is -0.457 e. The molecule has 0 atom stereocenters. The zero-order valence-corrected chi connectivity index (χ0v) is 16.5. The van der Waals surface area contributed by atoms with Crippen molar-refractivity contribution in [3.63, 3.8) is 0 Å². The van der Waals surface area contributed by atoms with Gasteiger partial charge >= 0.3 is 0 Å². The molecule has 0 saturated carbocycles. The van der Waals surface area contributed by atoms with Crippen LogP contribution in [0.15, 0.2) is 60.7 Å². The molecule has 3 aromatic rings. The summed E-state index contributed by atoms with van der Waals surface area (Å²) in [7, 11) is 0. The molecule has 5 nitrogen and oxygen atoms in total. The van der Waals surface area contributed by atoms with Crippen molar-refractivity contribution in [2.24, 2.45) is 5.92 Å². The van der Waals surface area contributed by atoms with Crippen molar-refractivity contribution in [2.45, 2.75) is 26.8 Å². The zero-order chi connectivity index (χ0) is 20.8. The van der Waals surface area contributed by atoms with Crippen molar-refractivity contribution in [3.05, 3.63) is 83.3 Å². The summed E-state index contributed by atoms with van der Waals surface area (Å²) in [4.78, 5) is 15.7. The predicted octanol–water partition coefficient (Wildman–Crippen LogP) is 4.72. The van der Waals surface area contributed by atoms with E-state index in [1.165, 1.54) is 11.6 Å². The highest BCUT2D eigenvalue weighted by Crippen LogP contribution is 2.27. The lowest BCUT2D eigenvalue weighted by Gasteiger charge is -2.13. The van der Waals surface area contributed by atoms with Gasteiger partial charge in [0.2, 0.25) is 5.95 Å². The van der Waals surface area contributed by atoms with Gasteiger partial charge in [0.15, 0.2) is 0 Å². The number of para-hydroxylation sites is 1. The van der Waals surface area contributed by atoms with E-state index in [1.807, 2.05) is 42.5 Å². The Labute approximate surface area is 169 Å². The van der Waals surface area contributed by atoms with Crippen molar-refractivity contribution in [1.29, 1.82) is 0 Å². The number of carbonyl (C=O) groups is 1. The van der Waals surface area contributed by atoms with Crippen molar-refractivity contribution >= 4 is 11.7 Å². The molecular formula is C23H24FN3O2.